The first kappa shape index (κ1) is 18.9. The van der Waals surface area contributed by atoms with Crippen LogP contribution in [0.4, 0.5) is 0 Å². The lowest BCUT2D eigenvalue weighted by Gasteiger charge is -2.21. The highest BCUT2D eigenvalue weighted by Gasteiger charge is 2.62. The van der Waals surface area contributed by atoms with E-state index in [1.807, 2.05) is 0 Å². The van der Waals surface area contributed by atoms with Gasteiger partial charge in [0.15, 0.2) is 0 Å². The smallest absolute Gasteiger partial charge is 0.264 e. The molecule has 0 amide bonds. The van der Waals surface area contributed by atoms with Gasteiger partial charge < -0.3 is 0 Å². The van der Waals surface area contributed by atoms with E-state index < -0.39 is 19.9 Å². The van der Waals surface area contributed by atoms with Crippen LogP contribution < -0.4 is 0 Å². The van der Waals surface area contributed by atoms with Crippen molar-refractivity contribution >= 4 is 10.1 Å². The van der Waals surface area contributed by atoms with Crippen LogP contribution in [0.5, 0.6) is 0 Å². The minimum atomic E-state index is -4.33. The molecule has 0 aliphatic heterocycles. The summed E-state index contributed by atoms with van der Waals surface area (Å²) in [4.78, 5) is 8.83. The van der Waals surface area contributed by atoms with Crippen LogP contribution in [-0.4, -0.2) is 19.9 Å². The third-order valence-corrected chi connectivity index (χ3v) is 6.49. The van der Waals surface area contributed by atoms with Crippen LogP contribution in [0.15, 0.2) is 24.3 Å². The van der Waals surface area contributed by atoms with Crippen LogP contribution >= 0.6 is 0 Å². The van der Waals surface area contributed by atoms with Crippen molar-refractivity contribution in [2.45, 2.75) is 63.2 Å². The normalized spacial score (nSPS) is 20.0. The fraction of sp³-hybridized carbons (Fsp3) is 0.647. The number of benzene rings is 1. The lowest BCUT2D eigenvalue weighted by Crippen LogP contribution is -2.42. The molecule has 1 aromatic carbocycles. The highest BCUT2D eigenvalue weighted by molar-refractivity contribution is 7.87. The molecule has 1 aliphatic rings. The molecule has 0 radical (unpaired) electrons. The molecular formula is C17H25NO5S. The number of fused-ring (bicyclic) bond motifs is 1. The van der Waals surface area contributed by atoms with E-state index in [1.54, 1.807) is 18.2 Å². The largest absolute Gasteiger partial charge is 0.368 e. The van der Waals surface area contributed by atoms with Gasteiger partial charge in [-0.2, -0.15) is 8.42 Å². The minimum Gasteiger partial charge on any atom is -0.264 e. The van der Waals surface area contributed by atoms with E-state index in [0.29, 0.717) is 18.4 Å². The molecule has 24 heavy (non-hydrogen) atoms. The van der Waals surface area contributed by atoms with Gasteiger partial charge in [-0.05, 0) is 18.4 Å². The average molecular weight is 355 g/mol. The Hall–Kier alpha value is -1.47. The Balaban J connectivity index is 2.05. The summed E-state index contributed by atoms with van der Waals surface area (Å²) >= 11 is 0. The SMILES string of the molecule is CCCCCCCCOS(=O)(=O)C1([N+](=O)[O-])CCc2ccccc21. The van der Waals surface area contributed by atoms with Gasteiger partial charge in [-0.25, -0.2) is 0 Å². The van der Waals surface area contributed by atoms with Crippen LogP contribution in [0, 0.1) is 10.1 Å². The number of unbranched alkanes of at least 4 members (excludes halogenated alkanes) is 5. The Kier molecular flexibility index (Phi) is 6.34. The third-order valence-electron chi connectivity index (χ3n) is 4.62. The molecule has 134 valence electrons. The van der Waals surface area contributed by atoms with Crippen LogP contribution in [0.25, 0.3) is 0 Å². The lowest BCUT2D eigenvalue weighted by molar-refractivity contribution is -0.549. The Labute approximate surface area is 143 Å². The molecule has 0 spiro atoms. The summed E-state index contributed by atoms with van der Waals surface area (Å²) < 4.78 is 30.3. The Bertz CT molecular complexity index is 673. The second-order valence-electron chi connectivity index (χ2n) is 6.24. The van der Waals surface area contributed by atoms with Gasteiger partial charge in [0.25, 0.3) is 0 Å². The minimum absolute atomic E-state index is 0.00617. The Morgan fingerprint density at radius 1 is 1.17 bits per heavy atom. The second-order valence-corrected chi connectivity index (χ2v) is 8.06. The standard InChI is InChI=1S/C17H25NO5S/c1-2-3-4-5-6-9-14-23-24(21,22)17(18(19)20)13-12-15-10-7-8-11-16(15)17/h7-8,10-11H,2-6,9,12-14H2,1H3. The van der Waals surface area contributed by atoms with E-state index in [1.165, 1.54) is 12.5 Å². The van der Waals surface area contributed by atoms with Gasteiger partial charge in [-0.15, -0.1) is 0 Å². The first-order valence-corrected chi connectivity index (χ1v) is 9.98. The van der Waals surface area contributed by atoms with Crippen LogP contribution in [0.1, 0.15) is 63.0 Å². The van der Waals surface area contributed by atoms with E-state index in [0.717, 1.165) is 25.7 Å². The third kappa shape index (κ3) is 3.62. The van der Waals surface area contributed by atoms with E-state index in [4.69, 9.17) is 4.18 Å². The van der Waals surface area contributed by atoms with E-state index in [-0.39, 0.29) is 18.6 Å². The number of aryl methyl sites for hydroxylation is 1. The van der Waals surface area contributed by atoms with Gasteiger partial charge in [-0.3, -0.25) is 14.3 Å². The maximum atomic E-state index is 12.6. The maximum absolute atomic E-state index is 12.6. The zero-order valence-corrected chi connectivity index (χ0v) is 14.9. The van der Waals surface area contributed by atoms with E-state index in [2.05, 4.69) is 6.92 Å². The van der Waals surface area contributed by atoms with Crippen molar-refractivity contribution in [1.82, 2.24) is 0 Å². The van der Waals surface area contributed by atoms with E-state index >= 15 is 0 Å². The zero-order valence-electron chi connectivity index (χ0n) is 14.1. The fourth-order valence-corrected chi connectivity index (χ4v) is 4.78. The van der Waals surface area contributed by atoms with Gasteiger partial charge in [0.1, 0.15) is 0 Å². The highest BCUT2D eigenvalue weighted by Crippen LogP contribution is 2.44. The molecular weight excluding hydrogens is 330 g/mol. The molecule has 1 aliphatic carbocycles. The predicted octanol–water partition coefficient (Wildman–Crippen LogP) is 3.77. The van der Waals surface area contributed by atoms with Crippen molar-refractivity contribution in [3.63, 3.8) is 0 Å². The van der Waals surface area contributed by atoms with E-state index in [9.17, 15) is 18.5 Å². The second kappa shape index (κ2) is 8.07. The molecule has 0 N–H and O–H groups in total. The summed E-state index contributed by atoms with van der Waals surface area (Å²) in [5.41, 5.74) is 0.957. The van der Waals surface area contributed by atoms with Crippen molar-refractivity contribution < 1.29 is 17.5 Å². The molecule has 2 rings (SSSR count). The highest BCUT2D eigenvalue weighted by atomic mass is 32.2. The van der Waals surface area contributed by atoms with Crippen molar-refractivity contribution in [3.05, 3.63) is 45.5 Å². The van der Waals surface area contributed by atoms with Gasteiger partial charge in [0.2, 0.25) is 0 Å². The summed E-state index contributed by atoms with van der Waals surface area (Å²) in [7, 11) is -4.33. The molecule has 1 atom stereocenters. The summed E-state index contributed by atoms with van der Waals surface area (Å²) in [5.74, 6) is 0. The number of nitrogens with zero attached hydrogens (tertiary/aromatic N) is 1. The molecule has 0 saturated carbocycles. The topological polar surface area (TPSA) is 86.5 Å². The molecule has 1 unspecified atom stereocenters. The number of hydrogen-bond acceptors (Lipinski definition) is 5. The predicted molar refractivity (Wildman–Crippen MR) is 91.7 cm³/mol. The number of nitro groups is 1. The molecule has 0 bridgehead atoms. The molecule has 0 saturated heterocycles. The molecule has 6 nitrogen and oxygen atoms in total. The monoisotopic (exact) mass is 355 g/mol. The van der Waals surface area contributed by atoms with Gasteiger partial charge in [0, 0.05) is 11.3 Å². The fourth-order valence-electron chi connectivity index (χ4n) is 3.25. The summed E-state index contributed by atoms with van der Waals surface area (Å²) in [5, 5.41) is 11.7. The van der Waals surface area contributed by atoms with Crippen molar-refractivity contribution in [3.8, 4) is 0 Å². The van der Waals surface area contributed by atoms with Crippen molar-refractivity contribution in [1.29, 1.82) is 0 Å². The number of hydrogen-bond donors (Lipinski definition) is 0. The Morgan fingerprint density at radius 3 is 2.54 bits per heavy atom. The van der Waals surface area contributed by atoms with Gasteiger partial charge in [-0.1, -0.05) is 63.3 Å². The summed E-state index contributed by atoms with van der Waals surface area (Å²) in [6.45, 7) is 2.14. The molecule has 0 heterocycles. The Morgan fingerprint density at radius 2 is 1.83 bits per heavy atom. The first-order valence-electron chi connectivity index (χ1n) is 8.57. The molecule has 0 aromatic heterocycles. The molecule has 1 aromatic rings. The molecule has 0 fully saturated rings. The zero-order chi connectivity index (χ0) is 17.6. The first-order chi connectivity index (χ1) is 11.5. The van der Waals surface area contributed by atoms with Crippen LogP contribution in [0.2, 0.25) is 0 Å². The maximum Gasteiger partial charge on any atom is 0.368 e. The van der Waals surface area contributed by atoms with Gasteiger partial charge in [0.05, 0.1) is 12.2 Å². The quantitative estimate of drug-likeness (QED) is 0.276. The van der Waals surface area contributed by atoms with Crippen LogP contribution in [0.3, 0.4) is 0 Å². The number of rotatable bonds is 10. The van der Waals surface area contributed by atoms with Gasteiger partial charge >= 0.3 is 15.0 Å². The molecule has 7 heteroatoms. The van der Waals surface area contributed by atoms with Crippen molar-refractivity contribution in [2.75, 3.05) is 6.61 Å². The summed E-state index contributed by atoms with van der Waals surface area (Å²) in [6, 6.07) is 6.66. The lowest BCUT2D eigenvalue weighted by atomic mass is 10.1. The summed E-state index contributed by atoms with van der Waals surface area (Å²) in [6.07, 6.45) is 6.23. The van der Waals surface area contributed by atoms with Crippen LogP contribution in [-0.2, 0) is 25.6 Å². The average Bonchev–Trinajstić information content (AvgIpc) is 2.95. The van der Waals surface area contributed by atoms with Crippen molar-refractivity contribution in [2.24, 2.45) is 0 Å².